The van der Waals surface area contributed by atoms with Gasteiger partial charge in [0.2, 0.25) is 5.91 Å². The summed E-state index contributed by atoms with van der Waals surface area (Å²) in [6, 6.07) is 1.21. The highest BCUT2D eigenvalue weighted by atomic mass is 35.5. The van der Waals surface area contributed by atoms with E-state index < -0.39 is 0 Å². The van der Waals surface area contributed by atoms with E-state index in [2.05, 4.69) is 15.1 Å². The van der Waals surface area contributed by atoms with E-state index in [0.717, 1.165) is 25.6 Å². The molecule has 1 saturated carbocycles. The molecule has 0 bridgehead atoms. The molecule has 3 aliphatic rings. The maximum atomic E-state index is 12.7. The van der Waals surface area contributed by atoms with Crippen LogP contribution in [0, 0.1) is 5.92 Å². The highest BCUT2D eigenvalue weighted by Crippen LogP contribution is 2.35. The van der Waals surface area contributed by atoms with E-state index >= 15 is 0 Å². The van der Waals surface area contributed by atoms with Crippen molar-refractivity contribution in [2.45, 2.75) is 63.5 Å². The zero-order valence-electron chi connectivity index (χ0n) is 13.9. The van der Waals surface area contributed by atoms with Gasteiger partial charge >= 0.3 is 0 Å². The van der Waals surface area contributed by atoms with Crippen LogP contribution in [0.25, 0.3) is 0 Å². The first-order chi connectivity index (χ1) is 10.3. The van der Waals surface area contributed by atoms with Gasteiger partial charge in [-0.1, -0.05) is 12.8 Å². The van der Waals surface area contributed by atoms with Crippen LogP contribution < -0.4 is 5.32 Å². The number of piperidine rings is 2. The van der Waals surface area contributed by atoms with Crippen LogP contribution in [0.2, 0.25) is 0 Å². The van der Waals surface area contributed by atoms with Crippen LogP contribution in [0.5, 0.6) is 0 Å². The van der Waals surface area contributed by atoms with E-state index in [-0.39, 0.29) is 12.4 Å². The first-order valence-corrected chi connectivity index (χ1v) is 8.97. The largest absolute Gasteiger partial charge is 0.338 e. The molecule has 0 aromatic rings. The van der Waals surface area contributed by atoms with E-state index in [1.807, 2.05) is 7.05 Å². The van der Waals surface area contributed by atoms with E-state index in [1.165, 1.54) is 51.4 Å². The van der Waals surface area contributed by atoms with E-state index in [4.69, 9.17) is 0 Å². The molecule has 0 spiro atoms. The number of nitrogens with zero attached hydrogens (tertiary/aromatic N) is 2. The van der Waals surface area contributed by atoms with Gasteiger partial charge in [0.15, 0.2) is 0 Å². The summed E-state index contributed by atoms with van der Waals surface area (Å²) in [7, 11) is 2.04. The zero-order chi connectivity index (χ0) is 14.7. The van der Waals surface area contributed by atoms with Gasteiger partial charge in [-0.25, -0.2) is 0 Å². The molecule has 22 heavy (non-hydrogen) atoms. The van der Waals surface area contributed by atoms with E-state index in [0.29, 0.717) is 24.5 Å². The van der Waals surface area contributed by atoms with Crippen molar-refractivity contribution in [2.75, 3.05) is 33.2 Å². The van der Waals surface area contributed by atoms with E-state index in [9.17, 15) is 4.79 Å². The van der Waals surface area contributed by atoms with Gasteiger partial charge in [0, 0.05) is 31.7 Å². The number of carbonyl (C=O) groups is 1. The van der Waals surface area contributed by atoms with Crippen molar-refractivity contribution in [3.8, 4) is 0 Å². The highest BCUT2D eigenvalue weighted by molar-refractivity contribution is 5.85. The van der Waals surface area contributed by atoms with Gasteiger partial charge in [-0.05, 0) is 51.5 Å². The Morgan fingerprint density at radius 1 is 1.00 bits per heavy atom. The van der Waals surface area contributed by atoms with Gasteiger partial charge in [-0.3, -0.25) is 9.69 Å². The van der Waals surface area contributed by atoms with Gasteiger partial charge in [0.1, 0.15) is 0 Å². The van der Waals surface area contributed by atoms with Crippen LogP contribution >= 0.6 is 12.4 Å². The molecule has 0 aromatic carbocycles. The Morgan fingerprint density at radius 2 is 1.68 bits per heavy atom. The quantitative estimate of drug-likeness (QED) is 0.862. The normalized spacial score (nSPS) is 30.5. The topological polar surface area (TPSA) is 35.6 Å². The lowest BCUT2D eigenvalue weighted by molar-refractivity contribution is -0.139. The minimum atomic E-state index is 0. The lowest BCUT2D eigenvalue weighted by Gasteiger charge is -2.45. The van der Waals surface area contributed by atoms with Crippen molar-refractivity contribution in [3.05, 3.63) is 0 Å². The average Bonchev–Trinajstić information content (AvgIpc) is 2.55. The molecule has 2 heterocycles. The van der Waals surface area contributed by atoms with Gasteiger partial charge in [-0.2, -0.15) is 0 Å². The number of hydrogen-bond acceptors (Lipinski definition) is 3. The molecular weight excluding hydrogens is 298 g/mol. The molecule has 1 amide bonds. The maximum absolute atomic E-state index is 12.7. The summed E-state index contributed by atoms with van der Waals surface area (Å²) in [5.41, 5.74) is 0. The van der Waals surface area contributed by atoms with Gasteiger partial charge in [0.05, 0.1) is 6.54 Å². The third-order valence-corrected chi connectivity index (χ3v) is 5.92. The lowest BCUT2D eigenvalue weighted by Crippen LogP contribution is -2.53. The number of fused-ring (bicyclic) bond motifs is 1. The summed E-state index contributed by atoms with van der Waals surface area (Å²) in [5, 5.41) is 3.36. The SMILES string of the molecule is CNC1CCN(CC(=O)N2CCCC3CCCCC32)CC1.Cl. The molecular formula is C17H32ClN3O. The van der Waals surface area contributed by atoms with Crippen LogP contribution in [0.4, 0.5) is 0 Å². The summed E-state index contributed by atoms with van der Waals surface area (Å²) >= 11 is 0. The van der Waals surface area contributed by atoms with Crippen molar-refractivity contribution >= 4 is 18.3 Å². The summed E-state index contributed by atoms with van der Waals surface area (Å²) in [4.78, 5) is 17.4. The van der Waals surface area contributed by atoms with Crippen molar-refractivity contribution in [2.24, 2.45) is 5.92 Å². The minimum Gasteiger partial charge on any atom is -0.338 e. The van der Waals surface area contributed by atoms with Crippen LogP contribution in [0.3, 0.4) is 0 Å². The summed E-state index contributed by atoms with van der Waals surface area (Å²) in [6.45, 7) is 3.80. The fraction of sp³-hybridized carbons (Fsp3) is 0.941. The second-order valence-corrected chi connectivity index (χ2v) is 7.18. The molecule has 4 nitrogen and oxygen atoms in total. The standard InChI is InChI=1S/C17H31N3O.ClH/c1-18-15-8-11-19(12-9-15)13-17(21)20-10-4-6-14-5-2-3-7-16(14)20;/h14-16,18H,2-13H2,1H3;1H. The van der Waals surface area contributed by atoms with Crippen LogP contribution in [0.1, 0.15) is 51.4 Å². The Morgan fingerprint density at radius 3 is 2.41 bits per heavy atom. The maximum Gasteiger partial charge on any atom is 0.237 e. The molecule has 2 unspecified atom stereocenters. The first-order valence-electron chi connectivity index (χ1n) is 8.97. The number of nitrogens with one attached hydrogen (secondary N) is 1. The number of halogens is 1. The smallest absolute Gasteiger partial charge is 0.237 e. The van der Waals surface area contributed by atoms with Crippen LogP contribution in [0.15, 0.2) is 0 Å². The fourth-order valence-corrected chi connectivity index (χ4v) is 4.60. The van der Waals surface area contributed by atoms with Gasteiger partial charge in [-0.15, -0.1) is 12.4 Å². The predicted molar refractivity (Wildman–Crippen MR) is 92.5 cm³/mol. The average molecular weight is 330 g/mol. The number of hydrogen-bond donors (Lipinski definition) is 1. The molecule has 3 rings (SSSR count). The van der Waals surface area contributed by atoms with Crippen molar-refractivity contribution in [1.82, 2.24) is 15.1 Å². The Hall–Kier alpha value is -0.320. The third kappa shape index (κ3) is 4.15. The molecule has 1 aliphatic carbocycles. The number of likely N-dealkylation sites (tertiary alicyclic amines) is 2. The minimum absolute atomic E-state index is 0. The molecule has 128 valence electrons. The Labute approximate surface area is 141 Å². The summed E-state index contributed by atoms with van der Waals surface area (Å²) in [5.74, 6) is 1.20. The van der Waals surface area contributed by atoms with Gasteiger partial charge in [0.25, 0.3) is 0 Å². The number of rotatable bonds is 3. The van der Waals surface area contributed by atoms with Crippen molar-refractivity contribution < 1.29 is 4.79 Å². The second kappa shape index (κ2) is 8.51. The predicted octanol–water partition coefficient (Wildman–Crippen LogP) is 2.27. The van der Waals surface area contributed by atoms with E-state index in [1.54, 1.807) is 0 Å². The highest BCUT2D eigenvalue weighted by Gasteiger charge is 2.36. The summed E-state index contributed by atoms with van der Waals surface area (Å²) < 4.78 is 0. The molecule has 2 atom stereocenters. The molecule has 1 N–H and O–H groups in total. The molecule has 0 aromatic heterocycles. The molecule has 2 aliphatic heterocycles. The zero-order valence-corrected chi connectivity index (χ0v) is 14.7. The number of carbonyl (C=O) groups excluding carboxylic acids is 1. The second-order valence-electron chi connectivity index (χ2n) is 7.18. The number of amides is 1. The Balaban J connectivity index is 0.00000176. The molecule has 0 radical (unpaired) electrons. The third-order valence-electron chi connectivity index (χ3n) is 5.92. The molecule has 3 fully saturated rings. The monoisotopic (exact) mass is 329 g/mol. The fourth-order valence-electron chi connectivity index (χ4n) is 4.60. The van der Waals surface area contributed by atoms with Crippen molar-refractivity contribution in [1.29, 1.82) is 0 Å². The van der Waals surface area contributed by atoms with Crippen molar-refractivity contribution in [3.63, 3.8) is 0 Å². The molecule has 5 heteroatoms. The van der Waals surface area contributed by atoms with Gasteiger partial charge < -0.3 is 10.2 Å². The summed E-state index contributed by atoms with van der Waals surface area (Å²) in [6.07, 6.45) is 10.2. The Kier molecular flexibility index (Phi) is 6.97. The van der Waals surface area contributed by atoms with Crippen LogP contribution in [-0.4, -0.2) is 61.0 Å². The lowest BCUT2D eigenvalue weighted by atomic mass is 9.78. The molecule has 2 saturated heterocycles. The van der Waals surface area contributed by atoms with Crippen LogP contribution in [-0.2, 0) is 4.79 Å². The first kappa shape index (κ1) is 18.0. The Bertz CT molecular complexity index is 356.